The number of aromatic nitrogens is 3. The summed E-state index contributed by atoms with van der Waals surface area (Å²) < 4.78 is 5.31. The SMILES string of the molecule is CN=C(NCCc1noc(-c2ccccn2)n1)N1CCN(c2ccccc2Cl)CC1. The predicted molar refractivity (Wildman–Crippen MR) is 118 cm³/mol. The summed E-state index contributed by atoms with van der Waals surface area (Å²) in [7, 11) is 1.80. The fourth-order valence-electron chi connectivity index (χ4n) is 3.43. The smallest absolute Gasteiger partial charge is 0.276 e. The molecule has 3 heterocycles. The van der Waals surface area contributed by atoms with Crippen molar-refractivity contribution in [3.8, 4) is 11.6 Å². The molecule has 1 N–H and O–H groups in total. The minimum Gasteiger partial charge on any atom is -0.367 e. The summed E-state index contributed by atoms with van der Waals surface area (Å²) in [6.45, 7) is 4.19. The van der Waals surface area contributed by atoms with Crippen LogP contribution >= 0.6 is 11.6 Å². The van der Waals surface area contributed by atoms with Crippen LogP contribution in [0.15, 0.2) is 58.2 Å². The maximum atomic E-state index is 6.34. The summed E-state index contributed by atoms with van der Waals surface area (Å²) in [5.41, 5.74) is 1.76. The molecule has 0 unspecified atom stereocenters. The van der Waals surface area contributed by atoms with Gasteiger partial charge in [0.05, 0.1) is 10.7 Å². The van der Waals surface area contributed by atoms with E-state index in [1.54, 1.807) is 13.2 Å². The number of hydrogen-bond donors (Lipinski definition) is 1. The molecule has 0 bridgehead atoms. The van der Waals surface area contributed by atoms with Gasteiger partial charge in [-0.05, 0) is 24.3 Å². The van der Waals surface area contributed by atoms with Crippen molar-refractivity contribution in [1.29, 1.82) is 0 Å². The topological polar surface area (TPSA) is 82.7 Å². The van der Waals surface area contributed by atoms with Crippen molar-refractivity contribution in [2.45, 2.75) is 6.42 Å². The molecule has 1 aliphatic heterocycles. The van der Waals surface area contributed by atoms with Gasteiger partial charge in [-0.25, -0.2) is 0 Å². The van der Waals surface area contributed by atoms with Crippen molar-refractivity contribution >= 4 is 23.2 Å². The van der Waals surface area contributed by atoms with Crippen LogP contribution in [0.4, 0.5) is 5.69 Å². The van der Waals surface area contributed by atoms with Gasteiger partial charge in [0.1, 0.15) is 5.69 Å². The van der Waals surface area contributed by atoms with Crippen molar-refractivity contribution in [2.75, 3.05) is 44.7 Å². The zero-order chi connectivity index (χ0) is 20.8. The minimum absolute atomic E-state index is 0.436. The van der Waals surface area contributed by atoms with E-state index in [1.165, 1.54) is 0 Å². The first-order valence-corrected chi connectivity index (χ1v) is 10.3. The van der Waals surface area contributed by atoms with Crippen molar-refractivity contribution in [1.82, 2.24) is 25.3 Å². The molecule has 1 aromatic carbocycles. The van der Waals surface area contributed by atoms with Gasteiger partial charge in [0.2, 0.25) is 0 Å². The van der Waals surface area contributed by atoms with E-state index < -0.39 is 0 Å². The van der Waals surface area contributed by atoms with Crippen LogP contribution < -0.4 is 10.2 Å². The molecule has 0 aliphatic carbocycles. The summed E-state index contributed by atoms with van der Waals surface area (Å²) in [5, 5.41) is 8.23. The first kappa shape index (κ1) is 20.2. The molecule has 0 radical (unpaired) electrons. The van der Waals surface area contributed by atoms with Crippen molar-refractivity contribution in [3.05, 3.63) is 59.5 Å². The van der Waals surface area contributed by atoms with E-state index >= 15 is 0 Å². The molecular formula is C21H24ClN7O. The van der Waals surface area contributed by atoms with Gasteiger partial charge in [-0.2, -0.15) is 4.98 Å². The Labute approximate surface area is 180 Å². The van der Waals surface area contributed by atoms with Crippen LogP contribution in [0.2, 0.25) is 5.02 Å². The summed E-state index contributed by atoms with van der Waals surface area (Å²) in [4.78, 5) is 17.6. The van der Waals surface area contributed by atoms with Crippen LogP contribution in [0.25, 0.3) is 11.6 Å². The lowest BCUT2D eigenvalue weighted by molar-refractivity contribution is 0.372. The normalized spacial score (nSPS) is 14.8. The summed E-state index contributed by atoms with van der Waals surface area (Å²) in [5.74, 6) is 1.95. The van der Waals surface area contributed by atoms with Gasteiger partial charge < -0.3 is 19.6 Å². The highest BCUT2D eigenvalue weighted by atomic mass is 35.5. The van der Waals surface area contributed by atoms with Gasteiger partial charge in [0, 0.05) is 52.4 Å². The Morgan fingerprint density at radius 3 is 2.67 bits per heavy atom. The molecule has 8 nitrogen and oxygen atoms in total. The molecule has 1 fully saturated rings. The minimum atomic E-state index is 0.436. The molecule has 0 spiro atoms. The number of nitrogens with one attached hydrogen (secondary N) is 1. The van der Waals surface area contributed by atoms with E-state index in [4.69, 9.17) is 16.1 Å². The van der Waals surface area contributed by atoms with Crippen LogP contribution in [0.5, 0.6) is 0 Å². The molecular weight excluding hydrogens is 402 g/mol. The second kappa shape index (κ2) is 9.58. The monoisotopic (exact) mass is 425 g/mol. The molecule has 1 saturated heterocycles. The molecule has 2 aromatic heterocycles. The van der Waals surface area contributed by atoms with E-state index in [9.17, 15) is 0 Å². The second-order valence-corrected chi connectivity index (χ2v) is 7.29. The van der Waals surface area contributed by atoms with Crippen LogP contribution in [0.3, 0.4) is 0 Å². The van der Waals surface area contributed by atoms with E-state index in [1.807, 2.05) is 36.4 Å². The average Bonchev–Trinajstić information content (AvgIpc) is 3.27. The number of aliphatic imine (C=N–C) groups is 1. The second-order valence-electron chi connectivity index (χ2n) is 6.88. The average molecular weight is 426 g/mol. The number of halogens is 1. The molecule has 30 heavy (non-hydrogen) atoms. The highest BCUT2D eigenvalue weighted by Gasteiger charge is 2.21. The van der Waals surface area contributed by atoms with E-state index in [0.29, 0.717) is 30.4 Å². The fourth-order valence-corrected chi connectivity index (χ4v) is 3.69. The lowest BCUT2D eigenvalue weighted by atomic mass is 10.2. The summed E-state index contributed by atoms with van der Waals surface area (Å²) >= 11 is 6.34. The van der Waals surface area contributed by atoms with E-state index in [2.05, 4.69) is 41.3 Å². The number of pyridine rings is 1. The summed E-state index contributed by atoms with van der Waals surface area (Å²) in [6.07, 6.45) is 2.34. The highest BCUT2D eigenvalue weighted by Crippen LogP contribution is 2.26. The highest BCUT2D eigenvalue weighted by molar-refractivity contribution is 6.33. The van der Waals surface area contributed by atoms with Crippen LogP contribution in [-0.2, 0) is 6.42 Å². The first-order valence-electron chi connectivity index (χ1n) is 9.93. The Bertz CT molecular complexity index is 984. The Hall–Kier alpha value is -3.13. The zero-order valence-corrected chi connectivity index (χ0v) is 17.6. The standard InChI is InChI=1S/C21H24ClN7O/c1-23-21(29-14-12-28(13-15-29)18-8-3-2-6-16(18)22)25-11-9-19-26-20(30-27-19)17-7-4-5-10-24-17/h2-8,10H,9,11-15H2,1H3,(H,23,25). The number of benzene rings is 1. The molecule has 4 rings (SSSR count). The molecule has 156 valence electrons. The van der Waals surface area contributed by atoms with Gasteiger partial charge in [-0.1, -0.05) is 35.0 Å². The number of nitrogens with zero attached hydrogens (tertiary/aromatic N) is 6. The number of hydrogen-bond acceptors (Lipinski definition) is 6. The molecule has 3 aromatic rings. The van der Waals surface area contributed by atoms with Crippen LogP contribution in [0.1, 0.15) is 5.82 Å². The fraction of sp³-hybridized carbons (Fsp3) is 0.333. The molecule has 0 atom stereocenters. The van der Waals surface area contributed by atoms with Crippen molar-refractivity contribution in [3.63, 3.8) is 0 Å². The van der Waals surface area contributed by atoms with Crippen LogP contribution in [0, 0.1) is 0 Å². The van der Waals surface area contributed by atoms with E-state index in [-0.39, 0.29) is 0 Å². The lowest BCUT2D eigenvalue weighted by Gasteiger charge is -2.38. The predicted octanol–water partition coefficient (Wildman–Crippen LogP) is 2.73. The Morgan fingerprint density at radius 1 is 1.13 bits per heavy atom. The maximum absolute atomic E-state index is 6.34. The van der Waals surface area contributed by atoms with Crippen LogP contribution in [-0.4, -0.2) is 65.8 Å². The van der Waals surface area contributed by atoms with Crippen molar-refractivity contribution in [2.24, 2.45) is 4.99 Å². The first-order chi connectivity index (χ1) is 14.7. The van der Waals surface area contributed by atoms with Gasteiger partial charge in [-0.15, -0.1) is 0 Å². The van der Waals surface area contributed by atoms with Gasteiger partial charge >= 0.3 is 0 Å². The van der Waals surface area contributed by atoms with E-state index in [0.717, 1.165) is 42.8 Å². The Balaban J connectivity index is 1.27. The van der Waals surface area contributed by atoms with Gasteiger partial charge in [0.25, 0.3) is 5.89 Å². The van der Waals surface area contributed by atoms with Gasteiger partial charge in [0.15, 0.2) is 11.8 Å². The molecule has 0 saturated carbocycles. The maximum Gasteiger partial charge on any atom is 0.276 e. The Morgan fingerprint density at radius 2 is 1.93 bits per heavy atom. The summed E-state index contributed by atoms with van der Waals surface area (Å²) in [6, 6.07) is 13.6. The lowest BCUT2D eigenvalue weighted by Crippen LogP contribution is -2.52. The number of para-hydroxylation sites is 1. The zero-order valence-electron chi connectivity index (χ0n) is 16.8. The number of piperazine rings is 1. The third-order valence-electron chi connectivity index (χ3n) is 4.97. The van der Waals surface area contributed by atoms with Crippen molar-refractivity contribution < 1.29 is 4.52 Å². The molecule has 0 amide bonds. The Kier molecular flexibility index (Phi) is 6.44. The number of rotatable bonds is 5. The third kappa shape index (κ3) is 4.71. The van der Waals surface area contributed by atoms with Gasteiger partial charge in [-0.3, -0.25) is 9.98 Å². The quantitative estimate of drug-likeness (QED) is 0.497. The molecule has 9 heteroatoms. The molecule has 1 aliphatic rings. The third-order valence-corrected chi connectivity index (χ3v) is 5.29. The number of guanidine groups is 1. The largest absolute Gasteiger partial charge is 0.367 e. The number of anilines is 1.